The molecule has 96 heavy (non-hydrogen) atoms. The van der Waals surface area contributed by atoms with Gasteiger partial charge in [0.1, 0.15) is 30.9 Å². The van der Waals surface area contributed by atoms with Crippen LogP contribution in [0.25, 0.3) is 11.1 Å². The molecule has 3 fully saturated rings. The average Bonchev–Trinajstić information content (AvgIpc) is 1.60. The van der Waals surface area contributed by atoms with Gasteiger partial charge in [-0.05, 0) is 147 Å². The normalized spacial score (nSPS) is 18.2. The highest BCUT2D eigenvalue weighted by Gasteiger charge is 2.50. The SMILES string of the molecule is CN(CCN1CCC(OC(=O)Nc2ccccc2-c2ccccc2)CC1)C(=O)CCCN(C)c1ccc(C(=O)N(C)CCCN(C)C(=O)CO[C@H]2Cc3ccccc3C23CCN(CC[C@@]2(c4ccc(F)cc4)CN(C(=O)c4cc(C(F)(F)F)cc(C(F)(F)F)c4)CO2)CC3)cc1. The van der Waals surface area contributed by atoms with Crippen LogP contribution in [0.2, 0.25) is 0 Å². The highest BCUT2D eigenvalue weighted by atomic mass is 19.4. The molecule has 0 radical (unpaired) electrons. The van der Waals surface area contributed by atoms with E-state index in [0.29, 0.717) is 126 Å². The average molecular weight is 1330 g/mol. The lowest BCUT2D eigenvalue weighted by Crippen LogP contribution is -2.50. The van der Waals surface area contributed by atoms with Crippen LogP contribution in [0, 0.1) is 5.82 Å². The fraction of sp³-hybridized carbons (Fsp3) is 0.438. The zero-order valence-electron chi connectivity index (χ0n) is 54.6. The molecule has 1 aliphatic carbocycles. The Morgan fingerprint density at radius 1 is 0.646 bits per heavy atom. The molecule has 0 aromatic heterocycles. The molecule has 3 heterocycles. The van der Waals surface area contributed by atoms with Crippen molar-refractivity contribution >= 4 is 41.1 Å². The molecular weight excluding hydrogens is 1250 g/mol. The first-order valence-corrected chi connectivity index (χ1v) is 32.7. The summed E-state index contributed by atoms with van der Waals surface area (Å²) in [5.41, 5.74) is 1.16. The molecule has 4 aliphatic rings. The Morgan fingerprint density at radius 2 is 1.27 bits per heavy atom. The molecule has 6 aromatic rings. The number of piperidine rings is 2. The van der Waals surface area contributed by atoms with Crippen LogP contribution in [0.3, 0.4) is 0 Å². The minimum Gasteiger partial charge on any atom is -0.446 e. The monoisotopic (exact) mass is 1330 g/mol. The van der Waals surface area contributed by atoms with Gasteiger partial charge in [-0.3, -0.25) is 24.5 Å². The predicted octanol–water partition coefficient (Wildman–Crippen LogP) is 12.2. The molecular formula is C73H83F7N8O8. The number of nitrogens with zero attached hydrogens (tertiary/aromatic N) is 7. The van der Waals surface area contributed by atoms with Crippen LogP contribution in [-0.4, -0.2) is 185 Å². The van der Waals surface area contributed by atoms with Crippen LogP contribution in [0.4, 0.5) is 46.9 Å². The minimum absolute atomic E-state index is 0.0293. The van der Waals surface area contributed by atoms with Crippen molar-refractivity contribution in [1.82, 2.24) is 29.4 Å². The first-order valence-electron chi connectivity index (χ1n) is 32.7. The van der Waals surface area contributed by atoms with E-state index in [1.54, 1.807) is 40.9 Å². The number of carbonyl (C=O) groups excluding carboxylic acids is 5. The number of halogens is 7. The number of hydrogen-bond donors (Lipinski definition) is 1. The van der Waals surface area contributed by atoms with E-state index >= 15 is 0 Å². The van der Waals surface area contributed by atoms with Crippen LogP contribution < -0.4 is 10.2 Å². The molecule has 16 nitrogen and oxygen atoms in total. The summed E-state index contributed by atoms with van der Waals surface area (Å²) in [6.45, 7) is 5.10. The summed E-state index contributed by atoms with van der Waals surface area (Å²) in [7, 11) is 7.23. The van der Waals surface area contributed by atoms with E-state index < -0.39 is 64.6 Å². The second kappa shape index (κ2) is 30.8. The van der Waals surface area contributed by atoms with Gasteiger partial charge in [-0.2, -0.15) is 26.3 Å². The number of benzene rings is 6. The topological polar surface area (TPSA) is 148 Å². The van der Waals surface area contributed by atoms with E-state index in [-0.39, 0.29) is 55.6 Å². The minimum atomic E-state index is -5.15. The fourth-order valence-corrected chi connectivity index (χ4v) is 13.6. The van der Waals surface area contributed by atoms with Gasteiger partial charge in [-0.25, -0.2) is 9.18 Å². The second-order valence-corrected chi connectivity index (χ2v) is 25.7. The Hall–Kier alpha value is -8.38. The van der Waals surface area contributed by atoms with Crippen molar-refractivity contribution in [2.75, 3.05) is 124 Å². The van der Waals surface area contributed by atoms with Gasteiger partial charge in [-0.15, -0.1) is 0 Å². The zero-order valence-corrected chi connectivity index (χ0v) is 54.6. The number of nitrogens with one attached hydrogen (secondary N) is 1. The quantitative estimate of drug-likeness (QED) is 0.0578. The third-order valence-corrected chi connectivity index (χ3v) is 19.4. The van der Waals surface area contributed by atoms with Gasteiger partial charge in [0.15, 0.2) is 0 Å². The molecule has 3 saturated heterocycles. The summed E-state index contributed by atoms with van der Waals surface area (Å²) >= 11 is 0. The van der Waals surface area contributed by atoms with Crippen molar-refractivity contribution in [1.29, 1.82) is 0 Å². The standard InChI is InChI=1S/C73H83F7N8O8/c1-82(34-12-20-65(89)84(3)42-43-86-37-29-60(30-38-86)96-69(93)81-63-19-11-9-17-61(63)51-14-6-5-7-15-51)59-27-21-52(22-28-59)67(91)85(4)36-13-35-83(2)66(90)48-94-64-46-53-16-8-10-18-62(53)70(64)31-39-87(40-32-70)41-33-71(55-23-25-58(74)26-24-55)49-88(50-95-71)68(92)54-44-56(72(75,76)77)47-57(45-54)73(78,79)80/h5-11,14-19,21-28,44-45,47,60,64H,12-13,20,29-43,46,48-50H2,1-4H3,(H,81,93)/t64-,71-/m0/s1. The molecule has 23 heteroatoms. The van der Waals surface area contributed by atoms with E-state index in [2.05, 4.69) is 32.1 Å². The van der Waals surface area contributed by atoms with Crippen molar-refractivity contribution in [2.45, 2.75) is 93.4 Å². The van der Waals surface area contributed by atoms with Gasteiger partial charge < -0.3 is 48.5 Å². The number of likely N-dealkylation sites (tertiary alicyclic amines) is 2. The molecule has 0 saturated carbocycles. The van der Waals surface area contributed by atoms with Gasteiger partial charge in [0.2, 0.25) is 11.8 Å². The molecule has 2 atom stereocenters. The number of rotatable bonds is 24. The molecule has 0 bridgehead atoms. The predicted molar refractivity (Wildman–Crippen MR) is 351 cm³/mol. The summed E-state index contributed by atoms with van der Waals surface area (Å²) in [6, 6.07) is 39.3. The van der Waals surface area contributed by atoms with Crippen molar-refractivity contribution in [3.8, 4) is 11.1 Å². The molecule has 1 spiro atoms. The maximum atomic E-state index is 14.2. The van der Waals surface area contributed by atoms with Gasteiger partial charge in [0.05, 0.1) is 29.5 Å². The van der Waals surface area contributed by atoms with Gasteiger partial charge in [0, 0.05) is 115 Å². The molecule has 512 valence electrons. The Bertz CT molecular complexity index is 3630. The van der Waals surface area contributed by atoms with E-state index in [4.69, 9.17) is 14.2 Å². The summed E-state index contributed by atoms with van der Waals surface area (Å²) in [5, 5.41) is 2.93. The number of para-hydroxylation sites is 1. The lowest BCUT2D eigenvalue weighted by molar-refractivity contribution is -0.143. The third-order valence-electron chi connectivity index (χ3n) is 19.4. The summed E-state index contributed by atoms with van der Waals surface area (Å²) < 4.78 is 116. The van der Waals surface area contributed by atoms with Crippen LogP contribution in [0.15, 0.2) is 146 Å². The summed E-state index contributed by atoms with van der Waals surface area (Å²) in [5.74, 6) is -1.90. The third kappa shape index (κ3) is 17.2. The summed E-state index contributed by atoms with van der Waals surface area (Å²) in [6.07, 6.45) is -6.08. The van der Waals surface area contributed by atoms with E-state index in [1.165, 1.54) is 24.3 Å². The first-order chi connectivity index (χ1) is 45.9. The number of likely N-dealkylation sites (N-methyl/N-ethyl adjacent to an activating group) is 2. The lowest BCUT2D eigenvalue weighted by Gasteiger charge is -2.44. The van der Waals surface area contributed by atoms with Crippen LogP contribution in [0.1, 0.15) is 99.9 Å². The number of hydrogen-bond acceptors (Lipinski definition) is 11. The Balaban J connectivity index is 0.626. The largest absolute Gasteiger partial charge is 0.446 e. The van der Waals surface area contributed by atoms with Crippen molar-refractivity contribution < 1.29 is 68.9 Å². The molecule has 3 aliphatic heterocycles. The van der Waals surface area contributed by atoms with Crippen LogP contribution in [0.5, 0.6) is 0 Å². The van der Waals surface area contributed by atoms with E-state index in [0.717, 1.165) is 52.5 Å². The maximum Gasteiger partial charge on any atom is 0.416 e. The number of fused-ring (bicyclic) bond motifs is 2. The van der Waals surface area contributed by atoms with Crippen LogP contribution >= 0.6 is 0 Å². The highest BCUT2D eigenvalue weighted by Crippen LogP contribution is 2.48. The number of alkyl halides is 6. The molecule has 5 amide bonds. The Morgan fingerprint density at radius 3 is 1.96 bits per heavy atom. The van der Waals surface area contributed by atoms with Gasteiger partial charge >= 0.3 is 18.4 Å². The van der Waals surface area contributed by atoms with E-state index in [1.807, 2.05) is 93.0 Å². The maximum absolute atomic E-state index is 14.2. The fourth-order valence-electron chi connectivity index (χ4n) is 13.6. The molecule has 1 N–H and O–H groups in total. The molecule has 6 aromatic carbocycles. The number of carbonyl (C=O) groups is 5. The van der Waals surface area contributed by atoms with Gasteiger partial charge in [-0.1, -0.05) is 84.9 Å². The molecule has 0 unspecified atom stereocenters. The lowest BCUT2D eigenvalue weighted by atomic mass is 9.72. The number of amides is 5. The van der Waals surface area contributed by atoms with E-state index in [9.17, 15) is 54.7 Å². The Kier molecular flexibility index (Phi) is 22.6. The molecule has 10 rings (SSSR count). The smallest absolute Gasteiger partial charge is 0.416 e. The number of ether oxygens (including phenoxy) is 3. The van der Waals surface area contributed by atoms with Crippen molar-refractivity contribution in [2.24, 2.45) is 0 Å². The van der Waals surface area contributed by atoms with Crippen LogP contribution in [-0.2, 0) is 53.6 Å². The summed E-state index contributed by atoms with van der Waals surface area (Å²) in [4.78, 5) is 79.7. The van der Waals surface area contributed by atoms with Gasteiger partial charge in [0.25, 0.3) is 11.8 Å². The Labute approximate surface area is 555 Å². The second-order valence-electron chi connectivity index (χ2n) is 25.7. The number of anilines is 2. The highest BCUT2D eigenvalue weighted by molar-refractivity contribution is 5.95. The zero-order chi connectivity index (χ0) is 68.4. The first kappa shape index (κ1) is 70.4. The van der Waals surface area contributed by atoms with Crippen molar-refractivity contribution in [3.63, 3.8) is 0 Å². The van der Waals surface area contributed by atoms with Crippen molar-refractivity contribution in [3.05, 3.63) is 190 Å².